The van der Waals surface area contributed by atoms with E-state index in [1.165, 1.54) is 0 Å². The summed E-state index contributed by atoms with van der Waals surface area (Å²) in [6.07, 6.45) is 2.97. The van der Waals surface area contributed by atoms with E-state index in [1.807, 2.05) is 6.07 Å². The third-order valence-electron chi connectivity index (χ3n) is 2.03. The van der Waals surface area contributed by atoms with Crippen molar-refractivity contribution in [1.29, 1.82) is 5.26 Å². The van der Waals surface area contributed by atoms with Crippen molar-refractivity contribution in [3.05, 3.63) is 17.1 Å². The predicted octanol–water partition coefficient (Wildman–Crippen LogP) is 1.58. The number of aromatic nitrogens is 2. The highest BCUT2D eigenvalue weighted by Gasteiger charge is 2.07. The molecule has 0 aliphatic carbocycles. The van der Waals surface area contributed by atoms with Crippen LogP contribution in [0.5, 0.6) is 0 Å². The van der Waals surface area contributed by atoms with Gasteiger partial charge in [0.25, 0.3) is 0 Å². The quantitative estimate of drug-likeness (QED) is 0.785. The zero-order valence-corrected chi connectivity index (χ0v) is 8.54. The molecule has 14 heavy (non-hydrogen) atoms. The summed E-state index contributed by atoms with van der Waals surface area (Å²) < 4.78 is 0. The van der Waals surface area contributed by atoms with E-state index in [1.54, 1.807) is 6.92 Å². The second-order valence-electron chi connectivity index (χ2n) is 3.20. The van der Waals surface area contributed by atoms with Crippen LogP contribution in [-0.2, 0) is 6.42 Å². The Hall–Kier alpha value is -1.63. The minimum atomic E-state index is 0.297. The molecule has 0 spiro atoms. The van der Waals surface area contributed by atoms with E-state index < -0.39 is 0 Å². The standard InChI is InChI=1S/C10H14N4/c1-3-4-5-9-13-7(2)8(6-11)10(12)14-9/h3-5H2,1-2H3,(H2,12,13,14). The van der Waals surface area contributed by atoms with Gasteiger partial charge in [-0.25, -0.2) is 9.97 Å². The lowest BCUT2D eigenvalue weighted by Crippen LogP contribution is -2.05. The maximum atomic E-state index is 8.76. The molecule has 0 aliphatic rings. The summed E-state index contributed by atoms with van der Waals surface area (Å²) in [5.41, 5.74) is 6.70. The molecule has 0 unspecified atom stereocenters. The van der Waals surface area contributed by atoms with Crippen LogP contribution >= 0.6 is 0 Å². The lowest BCUT2D eigenvalue weighted by Gasteiger charge is -2.04. The summed E-state index contributed by atoms with van der Waals surface area (Å²) >= 11 is 0. The van der Waals surface area contributed by atoms with Crippen LogP contribution in [0.15, 0.2) is 0 Å². The fraction of sp³-hybridized carbons (Fsp3) is 0.500. The average molecular weight is 190 g/mol. The fourth-order valence-corrected chi connectivity index (χ4v) is 1.24. The zero-order valence-electron chi connectivity index (χ0n) is 8.54. The molecule has 0 aliphatic heterocycles. The van der Waals surface area contributed by atoms with Crippen molar-refractivity contribution in [2.45, 2.75) is 33.1 Å². The molecule has 0 atom stereocenters. The monoisotopic (exact) mass is 190 g/mol. The van der Waals surface area contributed by atoms with E-state index in [4.69, 9.17) is 11.0 Å². The van der Waals surface area contributed by atoms with Crippen LogP contribution in [-0.4, -0.2) is 9.97 Å². The summed E-state index contributed by atoms with van der Waals surface area (Å²) in [4.78, 5) is 8.32. The van der Waals surface area contributed by atoms with Gasteiger partial charge in [0, 0.05) is 6.42 Å². The average Bonchev–Trinajstić information content (AvgIpc) is 2.14. The third-order valence-corrected chi connectivity index (χ3v) is 2.03. The smallest absolute Gasteiger partial charge is 0.145 e. The molecule has 0 fully saturated rings. The molecule has 0 bridgehead atoms. The van der Waals surface area contributed by atoms with Crippen LogP contribution in [0.4, 0.5) is 5.82 Å². The Labute approximate surface area is 83.8 Å². The van der Waals surface area contributed by atoms with Crippen molar-refractivity contribution in [2.75, 3.05) is 5.73 Å². The lowest BCUT2D eigenvalue weighted by molar-refractivity contribution is 0.749. The van der Waals surface area contributed by atoms with Gasteiger partial charge >= 0.3 is 0 Å². The Morgan fingerprint density at radius 3 is 2.64 bits per heavy atom. The Morgan fingerprint density at radius 1 is 1.43 bits per heavy atom. The van der Waals surface area contributed by atoms with Crippen molar-refractivity contribution in [2.24, 2.45) is 0 Å². The summed E-state index contributed by atoms with van der Waals surface area (Å²) in [5.74, 6) is 1.03. The molecule has 0 amide bonds. The van der Waals surface area contributed by atoms with Crippen molar-refractivity contribution >= 4 is 5.82 Å². The van der Waals surface area contributed by atoms with Crippen LogP contribution in [0.25, 0.3) is 0 Å². The first kappa shape index (κ1) is 10.5. The van der Waals surface area contributed by atoms with Gasteiger partial charge in [0.05, 0.1) is 5.69 Å². The lowest BCUT2D eigenvalue weighted by atomic mass is 10.2. The molecular weight excluding hydrogens is 176 g/mol. The van der Waals surface area contributed by atoms with Gasteiger partial charge in [-0.1, -0.05) is 13.3 Å². The van der Waals surface area contributed by atoms with E-state index in [-0.39, 0.29) is 0 Å². The Bertz CT molecular complexity index is 342. The number of nitrogens with zero attached hydrogens (tertiary/aromatic N) is 3. The number of nitrogens with two attached hydrogens (primary N) is 1. The molecular formula is C10H14N4. The van der Waals surface area contributed by atoms with Crippen LogP contribution in [0.1, 0.15) is 36.8 Å². The topological polar surface area (TPSA) is 75.6 Å². The molecule has 4 nitrogen and oxygen atoms in total. The highest BCUT2D eigenvalue weighted by molar-refractivity contribution is 5.50. The van der Waals surface area contributed by atoms with Crippen molar-refractivity contribution in [3.8, 4) is 6.07 Å². The van der Waals surface area contributed by atoms with E-state index in [2.05, 4.69) is 16.9 Å². The first-order chi connectivity index (χ1) is 6.69. The molecule has 2 N–H and O–H groups in total. The summed E-state index contributed by atoms with van der Waals surface area (Å²) in [7, 11) is 0. The van der Waals surface area contributed by atoms with Gasteiger partial charge in [0.1, 0.15) is 23.3 Å². The first-order valence-electron chi connectivity index (χ1n) is 4.72. The number of hydrogen-bond acceptors (Lipinski definition) is 4. The van der Waals surface area contributed by atoms with Crippen LogP contribution < -0.4 is 5.73 Å². The molecule has 74 valence electrons. The Kier molecular flexibility index (Phi) is 3.41. The number of anilines is 1. The van der Waals surface area contributed by atoms with Gasteiger partial charge < -0.3 is 5.73 Å². The van der Waals surface area contributed by atoms with E-state index in [9.17, 15) is 0 Å². The van der Waals surface area contributed by atoms with Gasteiger partial charge in [-0.05, 0) is 13.3 Å². The summed E-state index contributed by atoms with van der Waals surface area (Å²) in [6, 6.07) is 2.00. The number of rotatable bonds is 3. The molecule has 1 rings (SSSR count). The van der Waals surface area contributed by atoms with Gasteiger partial charge in [-0.2, -0.15) is 5.26 Å². The molecule has 4 heteroatoms. The number of unbranched alkanes of at least 4 members (excludes halogenated alkanes) is 1. The van der Waals surface area contributed by atoms with Crippen LogP contribution in [0.3, 0.4) is 0 Å². The van der Waals surface area contributed by atoms with Crippen LogP contribution in [0, 0.1) is 18.3 Å². The second kappa shape index (κ2) is 4.56. The molecule has 1 heterocycles. The van der Waals surface area contributed by atoms with E-state index in [0.29, 0.717) is 17.1 Å². The molecule has 1 aromatic rings. The predicted molar refractivity (Wildman–Crippen MR) is 54.5 cm³/mol. The SMILES string of the molecule is CCCCc1nc(C)c(C#N)c(N)n1. The van der Waals surface area contributed by atoms with E-state index in [0.717, 1.165) is 25.1 Å². The van der Waals surface area contributed by atoms with Crippen LogP contribution in [0.2, 0.25) is 0 Å². The van der Waals surface area contributed by atoms with Crippen molar-refractivity contribution in [3.63, 3.8) is 0 Å². The minimum absolute atomic E-state index is 0.297. The molecule has 0 saturated heterocycles. The number of aryl methyl sites for hydroxylation is 2. The third kappa shape index (κ3) is 2.19. The number of hydrogen-bond donors (Lipinski definition) is 1. The Morgan fingerprint density at radius 2 is 2.14 bits per heavy atom. The first-order valence-corrected chi connectivity index (χ1v) is 4.72. The molecule has 1 aromatic heterocycles. The number of nitriles is 1. The minimum Gasteiger partial charge on any atom is -0.382 e. The van der Waals surface area contributed by atoms with Gasteiger partial charge in [0.15, 0.2) is 0 Å². The normalized spacial score (nSPS) is 9.79. The highest BCUT2D eigenvalue weighted by Crippen LogP contribution is 2.12. The summed E-state index contributed by atoms with van der Waals surface area (Å²) in [6.45, 7) is 3.89. The second-order valence-corrected chi connectivity index (χ2v) is 3.20. The molecule has 0 radical (unpaired) electrons. The van der Waals surface area contributed by atoms with Crippen molar-refractivity contribution < 1.29 is 0 Å². The van der Waals surface area contributed by atoms with Crippen molar-refractivity contribution in [1.82, 2.24) is 9.97 Å². The van der Waals surface area contributed by atoms with Gasteiger partial charge in [0.2, 0.25) is 0 Å². The Balaban J connectivity index is 2.97. The number of nitrogen functional groups attached to an aromatic ring is 1. The fourth-order valence-electron chi connectivity index (χ4n) is 1.24. The maximum Gasteiger partial charge on any atom is 0.145 e. The van der Waals surface area contributed by atoms with Gasteiger partial charge in [-0.15, -0.1) is 0 Å². The summed E-state index contributed by atoms with van der Waals surface area (Å²) in [5, 5.41) is 8.76. The molecule has 0 aromatic carbocycles. The highest BCUT2D eigenvalue weighted by atomic mass is 14.9. The molecule has 0 saturated carbocycles. The van der Waals surface area contributed by atoms with Gasteiger partial charge in [-0.3, -0.25) is 0 Å². The maximum absolute atomic E-state index is 8.76. The zero-order chi connectivity index (χ0) is 10.6. The van der Waals surface area contributed by atoms with E-state index >= 15 is 0 Å². The largest absolute Gasteiger partial charge is 0.382 e.